The van der Waals surface area contributed by atoms with Crippen molar-refractivity contribution in [3.8, 4) is 23.3 Å². The van der Waals surface area contributed by atoms with Gasteiger partial charge in [-0.2, -0.15) is 5.26 Å². The summed E-state index contributed by atoms with van der Waals surface area (Å²) in [6.45, 7) is 2.03. The van der Waals surface area contributed by atoms with E-state index in [0.717, 1.165) is 11.1 Å². The van der Waals surface area contributed by atoms with Gasteiger partial charge in [0.05, 0.1) is 5.92 Å². The number of hydrogen-bond donors (Lipinski definition) is 1. The zero-order valence-electron chi connectivity index (χ0n) is 22.2. The van der Waals surface area contributed by atoms with Crippen molar-refractivity contribution in [2.24, 2.45) is 5.73 Å². The van der Waals surface area contributed by atoms with Crippen LogP contribution in [-0.2, 0) is 6.61 Å². The Bertz CT molecular complexity index is 1910. The normalized spacial score (nSPS) is 14.2. The molecule has 0 amide bonds. The summed E-state index contributed by atoms with van der Waals surface area (Å²) in [5.74, 6) is -0.588. The van der Waals surface area contributed by atoms with Gasteiger partial charge in [0.15, 0.2) is 0 Å². The summed E-state index contributed by atoms with van der Waals surface area (Å²) in [5.41, 5.74) is 9.70. The molecule has 9 heteroatoms. The van der Waals surface area contributed by atoms with Crippen molar-refractivity contribution >= 4 is 28.5 Å². The quantitative estimate of drug-likeness (QED) is 0.163. The highest BCUT2D eigenvalue weighted by Gasteiger charge is 2.31. The molecular formula is C33H22ClFN2O5. The van der Waals surface area contributed by atoms with Gasteiger partial charge in [-0.15, -0.1) is 0 Å². The number of carbonyl (C=O) groups is 1. The highest BCUT2D eigenvalue weighted by Crippen LogP contribution is 2.44. The second-order valence-electron chi connectivity index (χ2n) is 9.69. The number of nitrogens with zero attached hydrogens (tertiary/aromatic N) is 1. The third-order valence-corrected chi connectivity index (χ3v) is 7.27. The molecular weight excluding hydrogens is 559 g/mol. The largest absolute Gasteiger partial charge is 0.489 e. The van der Waals surface area contributed by atoms with Crippen LogP contribution in [0.5, 0.6) is 17.2 Å². The summed E-state index contributed by atoms with van der Waals surface area (Å²) in [6, 6.07) is 25.8. The van der Waals surface area contributed by atoms with Crippen molar-refractivity contribution in [3.63, 3.8) is 0 Å². The van der Waals surface area contributed by atoms with Gasteiger partial charge < -0.3 is 24.4 Å². The molecule has 4 aromatic carbocycles. The molecule has 1 unspecified atom stereocenters. The van der Waals surface area contributed by atoms with Gasteiger partial charge in [0.25, 0.3) is 0 Å². The summed E-state index contributed by atoms with van der Waals surface area (Å²) in [5, 5.41) is 11.0. The van der Waals surface area contributed by atoms with Crippen molar-refractivity contribution in [1.29, 1.82) is 5.26 Å². The summed E-state index contributed by atoms with van der Waals surface area (Å²) in [6.07, 6.45) is 0. The first-order chi connectivity index (χ1) is 20.3. The number of hydrogen-bond acceptors (Lipinski definition) is 7. The third kappa shape index (κ3) is 5.14. The van der Waals surface area contributed by atoms with Crippen LogP contribution >= 0.6 is 11.6 Å². The monoisotopic (exact) mass is 580 g/mol. The molecule has 1 atom stereocenters. The molecule has 42 heavy (non-hydrogen) atoms. The van der Waals surface area contributed by atoms with Gasteiger partial charge in [0.2, 0.25) is 11.6 Å². The predicted molar refractivity (Wildman–Crippen MR) is 154 cm³/mol. The average Bonchev–Trinajstić information content (AvgIpc) is 3.32. The molecule has 7 nitrogen and oxygen atoms in total. The van der Waals surface area contributed by atoms with Crippen LogP contribution in [0.15, 0.2) is 101 Å². The number of furan rings is 1. The van der Waals surface area contributed by atoms with Gasteiger partial charge in [-0.1, -0.05) is 41.9 Å². The molecule has 0 radical (unpaired) electrons. The second kappa shape index (κ2) is 11.0. The number of esters is 1. The van der Waals surface area contributed by atoms with Crippen LogP contribution in [0.2, 0.25) is 5.02 Å². The molecule has 5 aromatic rings. The third-order valence-electron chi connectivity index (χ3n) is 7.02. The standard InChI is InChI=1S/C33H22ClFN2O5/c1-18-26-14-22(35)8-13-28(26)41-31(18)33(38)40-24-11-12-25-29(15-24)42-32(37)27(16-36)30(25)20-4-9-23(10-5-20)39-17-19-2-6-21(34)7-3-19/h2-15,30H,17,37H2,1H3. The van der Waals surface area contributed by atoms with Gasteiger partial charge in [-0.05, 0) is 66.6 Å². The number of halogens is 2. The molecule has 208 valence electrons. The fourth-order valence-electron chi connectivity index (χ4n) is 4.89. The summed E-state index contributed by atoms with van der Waals surface area (Å²) in [7, 11) is 0. The van der Waals surface area contributed by atoms with Crippen LogP contribution in [0.4, 0.5) is 4.39 Å². The number of fused-ring (bicyclic) bond motifs is 2. The van der Waals surface area contributed by atoms with Crippen LogP contribution in [0.3, 0.4) is 0 Å². The lowest BCUT2D eigenvalue weighted by Gasteiger charge is -2.26. The minimum Gasteiger partial charge on any atom is -0.489 e. The maximum absolute atomic E-state index is 13.7. The molecule has 0 spiro atoms. The Kier molecular flexibility index (Phi) is 7.03. The van der Waals surface area contributed by atoms with E-state index in [9.17, 15) is 14.4 Å². The average molecular weight is 581 g/mol. The van der Waals surface area contributed by atoms with E-state index in [0.29, 0.717) is 45.2 Å². The predicted octanol–water partition coefficient (Wildman–Crippen LogP) is 7.55. The topological polar surface area (TPSA) is 108 Å². The van der Waals surface area contributed by atoms with E-state index in [-0.39, 0.29) is 23.0 Å². The van der Waals surface area contributed by atoms with Crippen molar-refractivity contribution in [2.75, 3.05) is 0 Å². The molecule has 1 aromatic heterocycles. The lowest BCUT2D eigenvalue weighted by Crippen LogP contribution is -2.21. The Morgan fingerprint density at radius 3 is 2.50 bits per heavy atom. The molecule has 1 aliphatic heterocycles. The first kappa shape index (κ1) is 26.9. The van der Waals surface area contributed by atoms with Crippen LogP contribution in [0, 0.1) is 24.1 Å². The first-order valence-corrected chi connectivity index (χ1v) is 13.3. The maximum Gasteiger partial charge on any atom is 0.379 e. The van der Waals surface area contributed by atoms with E-state index in [1.807, 2.05) is 36.4 Å². The zero-order valence-corrected chi connectivity index (χ0v) is 22.9. The molecule has 6 rings (SSSR count). The minimum absolute atomic E-state index is 0.0309. The fraction of sp³-hybridized carbons (Fsp3) is 0.0909. The number of benzene rings is 4. The number of rotatable bonds is 6. The molecule has 1 aliphatic rings. The van der Waals surface area contributed by atoms with Gasteiger partial charge in [-0.25, -0.2) is 9.18 Å². The van der Waals surface area contributed by atoms with E-state index in [1.165, 1.54) is 24.3 Å². The molecule has 0 aliphatic carbocycles. The maximum atomic E-state index is 13.7. The van der Waals surface area contributed by atoms with E-state index >= 15 is 0 Å². The first-order valence-electron chi connectivity index (χ1n) is 12.9. The van der Waals surface area contributed by atoms with Gasteiger partial charge in [0, 0.05) is 27.6 Å². The van der Waals surface area contributed by atoms with E-state index in [1.54, 1.807) is 31.2 Å². The smallest absolute Gasteiger partial charge is 0.379 e. The van der Waals surface area contributed by atoms with Crippen LogP contribution in [0.25, 0.3) is 11.0 Å². The Hall–Kier alpha value is -5.26. The van der Waals surface area contributed by atoms with E-state index in [2.05, 4.69) is 6.07 Å². The van der Waals surface area contributed by atoms with Crippen molar-refractivity contribution in [1.82, 2.24) is 0 Å². The van der Waals surface area contributed by atoms with E-state index in [4.69, 9.17) is 36.0 Å². The lowest BCUT2D eigenvalue weighted by atomic mass is 9.83. The van der Waals surface area contributed by atoms with Gasteiger partial charge in [0.1, 0.15) is 46.9 Å². The van der Waals surface area contributed by atoms with Crippen molar-refractivity contribution < 1.29 is 27.8 Å². The SMILES string of the molecule is Cc1c(C(=O)Oc2ccc3c(c2)OC(N)=C(C#N)C3c2ccc(OCc3ccc(Cl)cc3)cc2)oc2ccc(F)cc12. The van der Waals surface area contributed by atoms with Crippen LogP contribution in [0.1, 0.15) is 38.7 Å². The number of ether oxygens (including phenoxy) is 3. The minimum atomic E-state index is -0.744. The van der Waals surface area contributed by atoms with Crippen LogP contribution in [-0.4, -0.2) is 5.97 Å². The fourth-order valence-corrected chi connectivity index (χ4v) is 5.01. The number of carbonyl (C=O) groups excluding carboxylic acids is 1. The number of allylic oxidation sites excluding steroid dienone is 1. The van der Waals surface area contributed by atoms with Crippen molar-refractivity contribution in [2.45, 2.75) is 19.4 Å². The number of nitrogens with two attached hydrogens (primary N) is 1. The Balaban J connectivity index is 1.24. The zero-order chi connectivity index (χ0) is 29.4. The summed E-state index contributed by atoms with van der Waals surface area (Å²) >= 11 is 5.95. The molecule has 0 fully saturated rings. The Morgan fingerprint density at radius 2 is 1.76 bits per heavy atom. The Labute approximate surface area is 245 Å². The Morgan fingerprint density at radius 1 is 1.02 bits per heavy atom. The van der Waals surface area contributed by atoms with Crippen LogP contribution < -0.4 is 19.9 Å². The summed E-state index contributed by atoms with van der Waals surface area (Å²) in [4.78, 5) is 13.0. The molecule has 2 heterocycles. The highest BCUT2D eigenvalue weighted by molar-refractivity contribution is 6.30. The van der Waals surface area contributed by atoms with Gasteiger partial charge in [-0.3, -0.25) is 0 Å². The number of nitriles is 1. The lowest BCUT2D eigenvalue weighted by molar-refractivity contribution is 0.0702. The van der Waals surface area contributed by atoms with Crippen molar-refractivity contribution in [3.05, 3.63) is 135 Å². The molecule has 0 saturated carbocycles. The number of aryl methyl sites for hydroxylation is 1. The summed E-state index contributed by atoms with van der Waals surface area (Å²) < 4.78 is 36.5. The molecule has 2 N–H and O–H groups in total. The second-order valence-corrected chi connectivity index (χ2v) is 10.1. The highest BCUT2D eigenvalue weighted by atomic mass is 35.5. The molecule has 0 saturated heterocycles. The van der Waals surface area contributed by atoms with E-state index < -0.39 is 17.7 Å². The molecule has 0 bridgehead atoms. The van der Waals surface area contributed by atoms with Gasteiger partial charge >= 0.3 is 5.97 Å².